The van der Waals surface area contributed by atoms with Crippen LogP contribution in [0.3, 0.4) is 0 Å². The van der Waals surface area contributed by atoms with Gasteiger partial charge in [0, 0.05) is 11.6 Å². The smallest absolute Gasteiger partial charge is 0.323 e. The van der Waals surface area contributed by atoms with Crippen LogP contribution < -0.4 is 5.32 Å². The fourth-order valence-electron chi connectivity index (χ4n) is 2.78. The predicted octanol–water partition coefficient (Wildman–Crippen LogP) is 3.27. The van der Waals surface area contributed by atoms with E-state index in [1.165, 1.54) is 5.56 Å². The molecule has 1 saturated heterocycles. The molecule has 0 spiro atoms. The van der Waals surface area contributed by atoms with Crippen LogP contribution in [0.25, 0.3) is 0 Å². The van der Waals surface area contributed by atoms with E-state index in [1.54, 1.807) is 0 Å². The van der Waals surface area contributed by atoms with E-state index < -0.39 is 12.0 Å². The SMILES string of the molecule is O=C(O)[C@H]1NCCC1OCCCCCCc1ccc(Cl)cc1. The molecule has 1 unspecified atom stereocenters. The first-order valence-corrected chi connectivity index (χ1v) is 8.37. The fourth-order valence-corrected chi connectivity index (χ4v) is 2.90. The molecule has 0 aliphatic carbocycles. The zero-order valence-corrected chi connectivity index (χ0v) is 13.5. The van der Waals surface area contributed by atoms with Crippen molar-refractivity contribution in [3.63, 3.8) is 0 Å². The van der Waals surface area contributed by atoms with Crippen LogP contribution in [0.4, 0.5) is 0 Å². The summed E-state index contributed by atoms with van der Waals surface area (Å²) in [4.78, 5) is 11.0. The Morgan fingerprint density at radius 2 is 1.95 bits per heavy atom. The third-order valence-electron chi connectivity index (χ3n) is 4.04. The summed E-state index contributed by atoms with van der Waals surface area (Å²) < 4.78 is 5.70. The Morgan fingerprint density at radius 3 is 2.68 bits per heavy atom. The lowest BCUT2D eigenvalue weighted by Crippen LogP contribution is -2.39. The summed E-state index contributed by atoms with van der Waals surface area (Å²) in [7, 11) is 0. The summed E-state index contributed by atoms with van der Waals surface area (Å²) in [6.07, 6.45) is 6.11. The Hall–Kier alpha value is -1.10. The Bertz CT molecular complexity index is 463. The van der Waals surface area contributed by atoms with E-state index in [2.05, 4.69) is 17.4 Å². The number of aryl methyl sites for hydroxylation is 1. The second kappa shape index (κ2) is 9.13. The van der Waals surface area contributed by atoms with E-state index in [0.29, 0.717) is 6.61 Å². The molecule has 0 amide bonds. The Labute approximate surface area is 136 Å². The summed E-state index contributed by atoms with van der Waals surface area (Å²) in [6, 6.07) is 7.47. The molecule has 2 N–H and O–H groups in total. The summed E-state index contributed by atoms with van der Waals surface area (Å²) in [5, 5.41) is 12.8. The molecule has 4 nitrogen and oxygen atoms in total. The Morgan fingerprint density at radius 1 is 1.23 bits per heavy atom. The topological polar surface area (TPSA) is 58.6 Å². The van der Waals surface area contributed by atoms with E-state index in [1.807, 2.05) is 12.1 Å². The molecule has 0 bridgehead atoms. The van der Waals surface area contributed by atoms with Crippen molar-refractivity contribution >= 4 is 17.6 Å². The van der Waals surface area contributed by atoms with E-state index >= 15 is 0 Å². The van der Waals surface area contributed by atoms with Crippen molar-refractivity contribution in [1.82, 2.24) is 5.32 Å². The van der Waals surface area contributed by atoms with Crippen LogP contribution in [0.1, 0.15) is 37.7 Å². The Balaban J connectivity index is 1.51. The van der Waals surface area contributed by atoms with Crippen molar-refractivity contribution in [3.05, 3.63) is 34.9 Å². The van der Waals surface area contributed by atoms with Crippen molar-refractivity contribution in [1.29, 1.82) is 0 Å². The van der Waals surface area contributed by atoms with Crippen LogP contribution in [0, 0.1) is 0 Å². The minimum Gasteiger partial charge on any atom is -0.480 e. The molecular formula is C17H24ClNO3. The highest BCUT2D eigenvalue weighted by molar-refractivity contribution is 6.30. The molecule has 0 radical (unpaired) electrons. The quantitative estimate of drug-likeness (QED) is 0.684. The first kappa shape index (κ1) is 17.3. The van der Waals surface area contributed by atoms with Gasteiger partial charge >= 0.3 is 5.97 Å². The third kappa shape index (κ3) is 5.59. The number of benzene rings is 1. The number of hydrogen-bond donors (Lipinski definition) is 2. The van der Waals surface area contributed by atoms with Crippen LogP contribution in [0.5, 0.6) is 0 Å². The molecular weight excluding hydrogens is 302 g/mol. The van der Waals surface area contributed by atoms with E-state index in [-0.39, 0.29) is 6.10 Å². The lowest BCUT2D eigenvalue weighted by atomic mass is 10.1. The van der Waals surface area contributed by atoms with Crippen LogP contribution in [-0.2, 0) is 16.0 Å². The number of aliphatic carboxylic acids is 1. The van der Waals surface area contributed by atoms with Crippen molar-refractivity contribution in [3.8, 4) is 0 Å². The maximum absolute atomic E-state index is 11.0. The van der Waals surface area contributed by atoms with Gasteiger partial charge in [0.2, 0.25) is 0 Å². The molecule has 22 heavy (non-hydrogen) atoms. The molecule has 1 fully saturated rings. The number of carboxylic acid groups (broad SMARTS) is 1. The maximum atomic E-state index is 11.0. The van der Waals surface area contributed by atoms with Gasteiger partial charge in [0.05, 0.1) is 6.10 Å². The number of carbonyl (C=O) groups is 1. The van der Waals surface area contributed by atoms with E-state index in [0.717, 1.165) is 50.1 Å². The monoisotopic (exact) mass is 325 g/mol. The predicted molar refractivity (Wildman–Crippen MR) is 87.4 cm³/mol. The lowest BCUT2D eigenvalue weighted by molar-refractivity contribution is -0.142. The van der Waals surface area contributed by atoms with Crippen molar-refractivity contribution in [2.75, 3.05) is 13.2 Å². The highest BCUT2D eigenvalue weighted by atomic mass is 35.5. The average Bonchev–Trinajstić information content (AvgIpc) is 2.97. The Kier molecular flexibility index (Phi) is 7.16. The zero-order chi connectivity index (χ0) is 15.8. The summed E-state index contributed by atoms with van der Waals surface area (Å²) in [6.45, 7) is 1.37. The highest BCUT2D eigenvalue weighted by Gasteiger charge is 2.32. The average molecular weight is 326 g/mol. The van der Waals surface area contributed by atoms with Crippen LogP contribution in [-0.4, -0.2) is 36.4 Å². The molecule has 2 rings (SSSR count). The second-order valence-corrected chi connectivity index (χ2v) is 6.20. The van der Waals surface area contributed by atoms with Gasteiger partial charge in [0.15, 0.2) is 0 Å². The first-order valence-electron chi connectivity index (χ1n) is 7.99. The number of unbranched alkanes of at least 4 members (excludes halogenated alkanes) is 3. The summed E-state index contributed by atoms with van der Waals surface area (Å²) in [5.74, 6) is -0.814. The van der Waals surface area contributed by atoms with Gasteiger partial charge in [0.1, 0.15) is 6.04 Å². The molecule has 1 aromatic carbocycles. The molecule has 122 valence electrons. The normalized spacial score (nSPS) is 21.1. The molecule has 0 saturated carbocycles. The van der Waals surface area contributed by atoms with Crippen LogP contribution in [0.15, 0.2) is 24.3 Å². The number of nitrogens with one attached hydrogen (secondary N) is 1. The second-order valence-electron chi connectivity index (χ2n) is 5.76. The number of halogens is 1. The number of ether oxygens (including phenoxy) is 1. The largest absolute Gasteiger partial charge is 0.480 e. The molecule has 1 heterocycles. The van der Waals surface area contributed by atoms with Gasteiger partial charge in [-0.2, -0.15) is 0 Å². The summed E-state index contributed by atoms with van der Waals surface area (Å²) >= 11 is 5.86. The van der Waals surface area contributed by atoms with Crippen molar-refractivity contribution < 1.29 is 14.6 Å². The molecule has 5 heteroatoms. The molecule has 1 aliphatic rings. The minimum absolute atomic E-state index is 0.174. The van der Waals surface area contributed by atoms with Gasteiger partial charge in [-0.1, -0.05) is 36.6 Å². The maximum Gasteiger partial charge on any atom is 0.323 e. The van der Waals surface area contributed by atoms with Crippen molar-refractivity contribution in [2.24, 2.45) is 0 Å². The number of carboxylic acids is 1. The van der Waals surface area contributed by atoms with Gasteiger partial charge < -0.3 is 15.2 Å². The lowest BCUT2D eigenvalue weighted by Gasteiger charge is -2.16. The summed E-state index contributed by atoms with van der Waals surface area (Å²) in [5.41, 5.74) is 1.32. The molecule has 2 atom stereocenters. The van der Waals surface area contributed by atoms with E-state index in [4.69, 9.17) is 21.4 Å². The minimum atomic E-state index is -0.814. The standard InChI is InChI=1S/C17H24ClNO3/c18-14-8-6-13(7-9-14)5-3-1-2-4-12-22-15-10-11-19-16(15)17(20)21/h6-9,15-16,19H,1-5,10-12H2,(H,20,21)/t15?,16-/m0/s1. The van der Waals surface area contributed by atoms with Gasteiger partial charge in [-0.15, -0.1) is 0 Å². The fraction of sp³-hybridized carbons (Fsp3) is 0.588. The zero-order valence-electron chi connectivity index (χ0n) is 12.8. The molecule has 1 aliphatic heterocycles. The molecule has 1 aromatic rings. The van der Waals surface area contributed by atoms with Gasteiger partial charge in [-0.3, -0.25) is 4.79 Å². The highest BCUT2D eigenvalue weighted by Crippen LogP contribution is 2.14. The van der Waals surface area contributed by atoms with Gasteiger partial charge in [0.25, 0.3) is 0 Å². The third-order valence-corrected chi connectivity index (χ3v) is 4.29. The molecule has 0 aromatic heterocycles. The van der Waals surface area contributed by atoms with E-state index in [9.17, 15) is 4.79 Å². The van der Waals surface area contributed by atoms with Gasteiger partial charge in [-0.05, 0) is 49.9 Å². The van der Waals surface area contributed by atoms with Crippen molar-refractivity contribution in [2.45, 2.75) is 50.7 Å². The van der Waals surface area contributed by atoms with Crippen LogP contribution >= 0.6 is 11.6 Å². The number of rotatable bonds is 9. The van der Waals surface area contributed by atoms with Crippen LogP contribution in [0.2, 0.25) is 5.02 Å². The first-order chi connectivity index (χ1) is 10.7. The van der Waals surface area contributed by atoms with Gasteiger partial charge in [-0.25, -0.2) is 0 Å². The number of hydrogen-bond acceptors (Lipinski definition) is 3.